The van der Waals surface area contributed by atoms with E-state index in [2.05, 4.69) is 0 Å². The van der Waals surface area contributed by atoms with Crippen molar-refractivity contribution < 1.29 is 24.2 Å². The van der Waals surface area contributed by atoms with Gasteiger partial charge in [-0.3, -0.25) is 14.6 Å². The first-order valence-corrected chi connectivity index (χ1v) is 8.38. The van der Waals surface area contributed by atoms with Crippen LogP contribution < -0.4 is 9.85 Å². The molecule has 134 valence electrons. The third-order valence-corrected chi connectivity index (χ3v) is 4.78. The number of amides is 2. The summed E-state index contributed by atoms with van der Waals surface area (Å²) in [5, 5.41) is 12.3. The number of nitrogens with zero attached hydrogens (tertiary/aromatic N) is 4. The van der Waals surface area contributed by atoms with Gasteiger partial charge in [-0.2, -0.15) is 4.63 Å². The van der Waals surface area contributed by atoms with Gasteiger partial charge in [-0.05, 0) is 37.8 Å². The highest BCUT2D eigenvalue weighted by Crippen LogP contribution is 2.24. The molecule has 9 nitrogen and oxygen atoms in total. The van der Waals surface area contributed by atoms with Gasteiger partial charge in [0, 0.05) is 24.7 Å². The maximum atomic E-state index is 12.4. The molecule has 9 heteroatoms. The molecule has 1 saturated heterocycles. The number of hydrogen-bond donors (Lipinski definition) is 1. The Morgan fingerprint density at radius 2 is 1.80 bits per heavy atom. The molecule has 1 fully saturated rings. The molecule has 0 bridgehead atoms. The fourth-order valence-corrected chi connectivity index (χ4v) is 3.25. The first-order valence-electron chi connectivity index (χ1n) is 8.38. The number of aromatic nitrogens is 2. The molecule has 1 aromatic heterocycles. The quantitative estimate of drug-likeness (QED) is 0.781. The smallest absolute Gasteiger partial charge is 0.264 e. The highest BCUT2D eigenvalue weighted by atomic mass is 17.0. The minimum absolute atomic E-state index is 0.200. The number of carbonyl (C=O) groups excluding carboxylic acids is 2. The van der Waals surface area contributed by atoms with Gasteiger partial charge in [0.25, 0.3) is 11.8 Å². The Morgan fingerprint density at radius 3 is 2.36 bits per heavy atom. The van der Waals surface area contributed by atoms with E-state index in [1.54, 1.807) is 31.2 Å². The van der Waals surface area contributed by atoms with E-state index in [1.807, 2.05) is 5.01 Å². The van der Waals surface area contributed by atoms with Crippen LogP contribution in [-0.4, -0.2) is 57.7 Å². The second-order valence-corrected chi connectivity index (χ2v) is 6.38. The Labute approximate surface area is 143 Å². The number of carbonyl (C=O) groups is 2. The average Bonchev–Trinajstić information content (AvgIpc) is 3.35. The number of benzene rings is 1. The summed E-state index contributed by atoms with van der Waals surface area (Å²) >= 11 is 0. The fraction of sp³-hybridized carbons (Fsp3) is 0.500. The fourth-order valence-electron chi connectivity index (χ4n) is 3.25. The molecule has 0 aliphatic carbocycles. The number of fused-ring (bicyclic) bond motifs is 1. The summed E-state index contributed by atoms with van der Waals surface area (Å²) < 4.78 is 5.26. The number of rotatable bonds is 5. The zero-order chi connectivity index (χ0) is 17.6. The van der Waals surface area contributed by atoms with Crippen LogP contribution in [0.3, 0.4) is 0 Å². The minimum Gasteiger partial charge on any atom is -0.396 e. The van der Waals surface area contributed by atoms with Gasteiger partial charge in [-0.15, -0.1) is 0 Å². The van der Waals surface area contributed by atoms with Crippen molar-refractivity contribution in [2.75, 3.05) is 24.7 Å². The lowest BCUT2D eigenvalue weighted by Gasteiger charge is -2.27. The predicted octanol–water partition coefficient (Wildman–Crippen LogP) is 0.294. The van der Waals surface area contributed by atoms with Crippen LogP contribution in [-0.2, 0) is 0 Å². The van der Waals surface area contributed by atoms with Crippen molar-refractivity contribution in [1.82, 2.24) is 14.9 Å². The van der Waals surface area contributed by atoms with E-state index in [4.69, 9.17) is 9.47 Å². The molecule has 0 spiro atoms. The number of aliphatic hydroxyl groups excluding tert-OH is 1. The minimum atomic E-state index is -0.799. The van der Waals surface area contributed by atoms with Crippen molar-refractivity contribution in [2.24, 2.45) is 5.92 Å². The molecule has 2 amide bonds. The first kappa shape index (κ1) is 15.8. The molecule has 2 aromatic rings. The lowest BCUT2D eigenvalue weighted by molar-refractivity contribution is -0.0574. The molecule has 3 heterocycles. The van der Waals surface area contributed by atoms with Gasteiger partial charge in [0.05, 0.1) is 11.1 Å². The highest BCUT2D eigenvalue weighted by molar-refractivity contribution is 6.21. The van der Waals surface area contributed by atoms with Crippen LogP contribution in [0.1, 0.15) is 40.5 Å². The van der Waals surface area contributed by atoms with Crippen molar-refractivity contribution in [2.45, 2.75) is 26.0 Å². The average molecular weight is 348 g/mol. The second-order valence-electron chi connectivity index (χ2n) is 6.38. The van der Waals surface area contributed by atoms with Gasteiger partial charge in [0.2, 0.25) is 6.23 Å². The van der Waals surface area contributed by atoms with E-state index < -0.39 is 6.23 Å². The van der Waals surface area contributed by atoms with E-state index >= 15 is 0 Å². The first-order chi connectivity index (χ1) is 12.1. The maximum absolute atomic E-state index is 12.4. The third-order valence-electron chi connectivity index (χ3n) is 4.78. The normalized spacial score (nSPS) is 19.6. The van der Waals surface area contributed by atoms with Crippen LogP contribution >= 0.6 is 0 Å². The third kappa shape index (κ3) is 2.70. The van der Waals surface area contributed by atoms with Crippen LogP contribution in [0.15, 0.2) is 28.9 Å². The van der Waals surface area contributed by atoms with Gasteiger partial charge < -0.3 is 9.94 Å². The summed E-state index contributed by atoms with van der Waals surface area (Å²) in [5.74, 6) is -0.418. The molecule has 25 heavy (non-hydrogen) atoms. The summed E-state index contributed by atoms with van der Waals surface area (Å²) in [6, 6.07) is 6.72. The summed E-state index contributed by atoms with van der Waals surface area (Å²) in [6.45, 7) is 3.31. The predicted molar refractivity (Wildman–Crippen MR) is 85.4 cm³/mol. The monoisotopic (exact) mass is 348 g/mol. The van der Waals surface area contributed by atoms with Gasteiger partial charge in [0.1, 0.15) is 5.02 Å². The molecular weight excluding hydrogens is 328 g/mol. The van der Waals surface area contributed by atoms with Crippen molar-refractivity contribution >= 4 is 11.8 Å². The lowest BCUT2D eigenvalue weighted by Crippen LogP contribution is -2.45. The van der Waals surface area contributed by atoms with E-state index in [0.29, 0.717) is 17.0 Å². The van der Waals surface area contributed by atoms with E-state index in [0.717, 1.165) is 35.8 Å². The van der Waals surface area contributed by atoms with Crippen LogP contribution in [0.2, 0.25) is 0 Å². The molecule has 0 radical (unpaired) electrons. The Morgan fingerprint density at radius 1 is 1.20 bits per heavy atom. The van der Waals surface area contributed by atoms with Gasteiger partial charge in [-0.1, -0.05) is 12.1 Å². The Bertz CT molecular complexity index is 748. The van der Waals surface area contributed by atoms with Gasteiger partial charge in [0.15, 0.2) is 0 Å². The van der Waals surface area contributed by atoms with E-state index in [-0.39, 0.29) is 18.4 Å². The summed E-state index contributed by atoms with van der Waals surface area (Å²) in [5.41, 5.74) is 0.773. The molecule has 0 saturated carbocycles. The van der Waals surface area contributed by atoms with Crippen molar-refractivity contribution in [3.63, 3.8) is 0 Å². The lowest BCUT2D eigenvalue weighted by atomic mass is 9.99. The summed E-state index contributed by atoms with van der Waals surface area (Å²) in [7, 11) is 0. The van der Waals surface area contributed by atoms with Crippen LogP contribution in [0.25, 0.3) is 0 Å². The molecule has 1 atom stereocenters. The molecule has 1 aromatic carbocycles. The molecule has 2 aliphatic rings. The van der Waals surface area contributed by atoms with Crippen LogP contribution in [0, 0.1) is 5.92 Å². The van der Waals surface area contributed by atoms with Crippen molar-refractivity contribution in [3.05, 3.63) is 35.4 Å². The van der Waals surface area contributed by atoms with E-state index in [1.165, 1.54) is 4.96 Å². The molecule has 1 N–H and O–H groups in total. The highest BCUT2D eigenvalue weighted by Gasteiger charge is 2.40. The summed E-state index contributed by atoms with van der Waals surface area (Å²) in [6.07, 6.45) is 0.948. The number of piperidine rings is 1. The zero-order valence-electron chi connectivity index (χ0n) is 13.9. The molecular formula is C16H20N4O5. The zero-order valence-corrected chi connectivity index (χ0v) is 13.9. The number of aliphatic hydroxyl groups is 1. The Kier molecular flexibility index (Phi) is 3.79. The maximum Gasteiger partial charge on any atom is 0.264 e. The van der Waals surface area contributed by atoms with Crippen LogP contribution in [0.5, 0.6) is 0 Å². The van der Waals surface area contributed by atoms with Gasteiger partial charge >= 0.3 is 0 Å². The molecule has 2 aliphatic heterocycles. The standard InChI is InChI=1S/C16H20N4O5/c1-11(18-15(22)13-4-2-3-5-14(13)16(18)23)24-20-19(25-20)17-8-6-12(10-21)7-9-17/h2-5,11-12,21H,6-10H2,1H3. The second kappa shape index (κ2) is 5.99. The van der Waals surface area contributed by atoms with Crippen LogP contribution in [0.4, 0.5) is 0 Å². The number of hydrogen-bond acceptors (Lipinski definition) is 6. The SMILES string of the molecule is CC(On1on1N1CCC(CO)CC1)N1C(=O)c2ccccc2C1=O. The largest absolute Gasteiger partial charge is 0.396 e. The van der Waals surface area contributed by atoms with Crippen molar-refractivity contribution in [1.29, 1.82) is 0 Å². The number of imide groups is 1. The Balaban J connectivity index is 1.39. The van der Waals surface area contributed by atoms with Gasteiger partial charge in [-0.25, -0.2) is 4.90 Å². The Hall–Kier alpha value is -2.68. The summed E-state index contributed by atoms with van der Waals surface area (Å²) in [4.78, 5) is 33.0. The molecule has 4 rings (SSSR count). The molecule has 1 unspecified atom stereocenters. The topological polar surface area (TPSA) is 93.1 Å². The van der Waals surface area contributed by atoms with E-state index in [9.17, 15) is 14.7 Å². The van der Waals surface area contributed by atoms with Crippen molar-refractivity contribution in [3.8, 4) is 0 Å².